The first kappa shape index (κ1) is 18.5. The number of rotatable bonds is 7. The molecule has 6 nitrogen and oxygen atoms in total. The van der Waals surface area contributed by atoms with Crippen LogP contribution >= 0.6 is 0 Å². The molecule has 2 heterocycles. The first-order valence-corrected chi connectivity index (χ1v) is 9.36. The molecule has 1 aliphatic rings. The Morgan fingerprint density at radius 2 is 2.04 bits per heavy atom. The number of benzene rings is 1. The molecule has 1 aliphatic heterocycles. The minimum Gasteiger partial charge on any atom is -0.494 e. The van der Waals surface area contributed by atoms with Gasteiger partial charge < -0.3 is 14.5 Å². The molecule has 140 valence electrons. The number of hydrazine groups is 1. The van der Waals surface area contributed by atoms with E-state index < -0.39 is 0 Å². The number of hydrogen-bond donors (Lipinski definition) is 0. The SMILES string of the molecule is CCCN(c1c(C(=O)OCC)cnc2c(OC)cccc12)N1CCCC1. The molecule has 1 saturated heterocycles. The highest BCUT2D eigenvalue weighted by molar-refractivity contribution is 6.06. The van der Waals surface area contributed by atoms with E-state index in [4.69, 9.17) is 9.47 Å². The molecule has 1 aromatic carbocycles. The van der Waals surface area contributed by atoms with E-state index in [1.807, 2.05) is 25.1 Å². The Balaban J connectivity index is 2.22. The van der Waals surface area contributed by atoms with E-state index in [2.05, 4.69) is 21.9 Å². The first-order valence-electron chi connectivity index (χ1n) is 9.36. The van der Waals surface area contributed by atoms with Crippen molar-refractivity contribution in [2.75, 3.05) is 38.4 Å². The molecule has 1 fully saturated rings. The molecule has 0 saturated carbocycles. The summed E-state index contributed by atoms with van der Waals surface area (Å²) < 4.78 is 10.8. The Morgan fingerprint density at radius 1 is 1.27 bits per heavy atom. The van der Waals surface area contributed by atoms with E-state index in [-0.39, 0.29) is 5.97 Å². The van der Waals surface area contributed by atoms with Crippen molar-refractivity contribution in [1.82, 2.24) is 9.99 Å². The van der Waals surface area contributed by atoms with E-state index in [9.17, 15) is 4.79 Å². The summed E-state index contributed by atoms with van der Waals surface area (Å²) in [5.41, 5.74) is 2.14. The maximum atomic E-state index is 12.6. The molecule has 0 bridgehead atoms. The van der Waals surface area contributed by atoms with Gasteiger partial charge in [0, 0.05) is 31.2 Å². The molecule has 6 heteroatoms. The normalized spacial score (nSPS) is 14.6. The molecule has 0 amide bonds. The predicted octanol–water partition coefficient (Wildman–Crippen LogP) is 3.65. The number of para-hydroxylation sites is 1. The third-order valence-corrected chi connectivity index (χ3v) is 4.66. The number of esters is 1. The molecule has 1 aromatic heterocycles. The van der Waals surface area contributed by atoms with Gasteiger partial charge in [-0.15, -0.1) is 0 Å². The van der Waals surface area contributed by atoms with E-state index >= 15 is 0 Å². The Bertz CT molecular complexity index is 772. The zero-order valence-corrected chi connectivity index (χ0v) is 15.8. The molecule has 3 rings (SSSR count). The van der Waals surface area contributed by atoms with Gasteiger partial charge in [0.25, 0.3) is 0 Å². The fourth-order valence-corrected chi connectivity index (χ4v) is 3.53. The molecule has 0 spiro atoms. The number of pyridine rings is 1. The number of hydrogen-bond acceptors (Lipinski definition) is 6. The van der Waals surface area contributed by atoms with Crippen molar-refractivity contribution in [3.05, 3.63) is 30.0 Å². The van der Waals surface area contributed by atoms with Crippen molar-refractivity contribution in [2.24, 2.45) is 0 Å². The lowest BCUT2D eigenvalue weighted by Crippen LogP contribution is -2.42. The van der Waals surface area contributed by atoms with Gasteiger partial charge >= 0.3 is 5.97 Å². The standard InChI is InChI=1S/C20H27N3O3/c1-4-11-23(22-12-6-7-13-22)19-15-9-8-10-17(25-3)18(15)21-14-16(19)20(24)26-5-2/h8-10,14H,4-7,11-13H2,1-3H3. The average Bonchev–Trinajstić information content (AvgIpc) is 3.19. The van der Waals surface area contributed by atoms with Crippen molar-refractivity contribution in [3.8, 4) is 5.75 Å². The number of fused-ring (bicyclic) bond motifs is 1. The fraction of sp³-hybridized carbons (Fsp3) is 0.500. The minimum atomic E-state index is -0.333. The smallest absolute Gasteiger partial charge is 0.341 e. The Morgan fingerprint density at radius 3 is 2.69 bits per heavy atom. The highest BCUT2D eigenvalue weighted by Crippen LogP contribution is 2.36. The predicted molar refractivity (Wildman–Crippen MR) is 103 cm³/mol. The summed E-state index contributed by atoms with van der Waals surface area (Å²) in [4.78, 5) is 17.2. The number of methoxy groups -OCH3 is 1. The number of anilines is 1. The summed E-state index contributed by atoms with van der Waals surface area (Å²) in [7, 11) is 1.64. The van der Waals surface area contributed by atoms with Crippen molar-refractivity contribution >= 4 is 22.6 Å². The highest BCUT2D eigenvalue weighted by atomic mass is 16.5. The Hall–Kier alpha value is -2.34. The van der Waals surface area contributed by atoms with E-state index in [1.165, 1.54) is 12.8 Å². The zero-order valence-electron chi connectivity index (χ0n) is 15.8. The second kappa shape index (κ2) is 8.36. The number of aromatic nitrogens is 1. The summed E-state index contributed by atoms with van der Waals surface area (Å²) in [6.45, 7) is 7.14. The summed E-state index contributed by atoms with van der Waals surface area (Å²) in [5, 5.41) is 5.48. The third-order valence-electron chi connectivity index (χ3n) is 4.66. The Kier molecular flexibility index (Phi) is 5.93. The van der Waals surface area contributed by atoms with Crippen LogP contribution < -0.4 is 9.75 Å². The topological polar surface area (TPSA) is 54.9 Å². The van der Waals surface area contributed by atoms with Crippen LogP contribution in [0.5, 0.6) is 5.75 Å². The van der Waals surface area contributed by atoms with Gasteiger partial charge in [-0.3, -0.25) is 4.98 Å². The number of carbonyl (C=O) groups excluding carboxylic acids is 1. The molecular weight excluding hydrogens is 330 g/mol. The molecule has 0 N–H and O–H groups in total. The van der Waals surface area contributed by atoms with Crippen molar-refractivity contribution in [3.63, 3.8) is 0 Å². The third kappa shape index (κ3) is 3.46. The van der Waals surface area contributed by atoms with Gasteiger partial charge in [-0.1, -0.05) is 19.1 Å². The van der Waals surface area contributed by atoms with Gasteiger partial charge in [-0.05, 0) is 32.3 Å². The van der Waals surface area contributed by atoms with Gasteiger partial charge in [0.15, 0.2) is 0 Å². The van der Waals surface area contributed by atoms with Crippen LogP contribution in [0.25, 0.3) is 10.9 Å². The van der Waals surface area contributed by atoms with Crippen LogP contribution in [0.2, 0.25) is 0 Å². The van der Waals surface area contributed by atoms with Crippen molar-refractivity contribution in [2.45, 2.75) is 33.1 Å². The van der Waals surface area contributed by atoms with Crippen LogP contribution in [0.1, 0.15) is 43.5 Å². The molecular formula is C20H27N3O3. The number of nitrogens with zero attached hydrogens (tertiary/aromatic N) is 3. The zero-order chi connectivity index (χ0) is 18.5. The lowest BCUT2D eigenvalue weighted by atomic mass is 10.1. The minimum absolute atomic E-state index is 0.333. The lowest BCUT2D eigenvalue weighted by Gasteiger charge is -2.35. The monoisotopic (exact) mass is 357 g/mol. The van der Waals surface area contributed by atoms with Crippen LogP contribution in [-0.4, -0.2) is 49.3 Å². The van der Waals surface area contributed by atoms with Gasteiger partial charge in [0.05, 0.1) is 19.4 Å². The molecule has 26 heavy (non-hydrogen) atoms. The quantitative estimate of drug-likeness (QED) is 0.705. The summed E-state index contributed by atoms with van der Waals surface area (Å²) in [6, 6.07) is 5.83. The average molecular weight is 357 g/mol. The first-order chi connectivity index (χ1) is 12.7. The fourth-order valence-electron chi connectivity index (χ4n) is 3.53. The van der Waals surface area contributed by atoms with Crippen LogP contribution in [0.4, 0.5) is 5.69 Å². The molecule has 0 aliphatic carbocycles. The van der Waals surface area contributed by atoms with Crippen LogP contribution in [0.3, 0.4) is 0 Å². The molecule has 0 radical (unpaired) electrons. The second-order valence-corrected chi connectivity index (χ2v) is 6.38. The maximum absolute atomic E-state index is 12.6. The molecule has 0 unspecified atom stereocenters. The van der Waals surface area contributed by atoms with E-state index in [1.54, 1.807) is 13.3 Å². The Labute approximate surface area is 154 Å². The van der Waals surface area contributed by atoms with Crippen molar-refractivity contribution < 1.29 is 14.3 Å². The molecule has 0 atom stereocenters. The maximum Gasteiger partial charge on any atom is 0.341 e. The van der Waals surface area contributed by atoms with Gasteiger partial charge in [-0.25, -0.2) is 9.80 Å². The van der Waals surface area contributed by atoms with Crippen LogP contribution in [-0.2, 0) is 4.74 Å². The summed E-state index contributed by atoms with van der Waals surface area (Å²) in [6.07, 6.45) is 4.94. The number of ether oxygens (including phenoxy) is 2. The van der Waals surface area contributed by atoms with E-state index in [0.29, 0.717) is 17.9 Å². The molecule has 2 aromatic rings. The highest BCUT2D eigenvalue weighted by Gasteiger charge is 2.27. The van der Waals surface area contributed by atoms with Gasteiger partial charge in [-0.2, -0.15) is 0 Å². The van der Waals surface area contributed by atoms with E-state index in [0.717, 1.165) is 42.6 Å². The van der Waals surface area contributed by atoms with Crippen LogP contribution in [0.15, 0.2) is 24.4 Å². The lowest BCUT2D eigenvalue weighted by molar-refractivity contribution is 0.0526. The summed E-state index contributed by atoms with van der Waals surface area (Å²) >= 11 is 0. The van der Waals surface area contributed by atoms with Gasteiger partial charge in [0.1, 0.15) is 16.8 Å². The second-order valence-electron chi connectivity index (χ2n) is 6.38. The van der Waals surface area contributed by atoms with Gasteiger partial charge in [0.2, 0.25) is 0 Å². The number of carbonyl (C=O) groups is 1. The van der Waals surface area contributed by atoms with Crippen molar-refractivity contribution in [1.29, 1.82) is 0 Å². The van der Waals surface area contributed by atoms with Crippen LogP contribution in [0, 0.1) is 0 Å². The summed E-state index contributed by atoms with van der Waals surface area (Å²) in [5.74, 6) is 0.372. The largest absolute Gasteiger partial charge is 0.494 e.